The lowest BCUT2D eigenvalue weighted by Crippen LogP contribution is -2.26. The molecule has 29 heavy (non-hydrogen) atoms. The lowest BCUT2D eigenvalue weighted by Gasteiger charge is -2.09. The molecule has 6 nitrogen and oxygen atoms in total. The van der Waals surface area contributed by atoms with Crippen LogP contribution in [0.4, 0.5) is 0 Å². The molecule has 2 aromatic carbocycles. The van der Waals surface area contributed by atoms with E-state index in [1.807, 2.05) is 37.3 Å². The molecular formula is C23H23N3O3. The molecule has 1 amide bonds. The average molecular weight is 389 g/mol. The minimum atomic E-state index is -0.888. The minimum Gasteiger partial charge on any atom is -0.481 e. The summed E-state index contributed by atoms with van der Waals surface area (Å²) >= 11 is 0. The van der Waals surface area contributed by atoms with Gasteiger partial charge in [0.15, 0.2) is 0 Å². The van der Waals surface area contributed by atoms with Crippen LogP contribution in [0.1, 0.15) is 45.2 Å². The molecule has 6 heteroatoms. The van der Waals surface area contributed by atoms with Crippen LogP contribution in [0.25, 0.3) is 5.69 Å². The van der Waals surface area contributed by atoms with Crippen LogP contribution >= 0.6 is 0 Å². The number of carboxylic acid groups (broad SMARTS) is 1. The van der Waals surface area contributed by atoms with Crippen LogP contribution in [0, 0.1) is 13.8 Å². The topological polar surface area (TPSA) is 84.2 Å². The van der Waals surface area contributed by atoms with Crippen molar-refractivity contribution in [3.8, 4) is 5.69 Å². The third-order valence-electron chi connectivity index (χ3n) is 5.46. The first-order valence-electron chi connectivity index (χ1n) is 9.67. The summed E-state index contributed by atoms with van der Waals surface area (Å²) in [6, 6.07) is 17.6. The summed E-state index contributed by atoms with van der Waals surface area (Å²) in [5.74, 6) is -0.623. The van der Waals surface area contributed by atoms with E-state index in [4.69, 9.17) is 5.11 Å². The van der Waals surface area contributed by atoms with E-state index in [0.717, 1.165) is 17.8 Å². The molecule has 3 aromatic rings. The van der Waals surface area contributed by atoms with E-state index in [1.165, 1.54) is 5.56 Å². The maximum atomic E-state index is 12.7. The number of hydrogen-bond acceptors (Lipinski definition) is 3. The van der Waals surface area contributed by atoms with Gasteiger partial charge in [-0.05, 0) is 44.0 Å². The fourth-order valence-corrected chi connectivity index (χ4v) is 3.79. The minimum absolute atomic E-state index is 0.0690. The monoisotopic (exact) mass is 389 g/mol. The van der Waals surface area contributed by atoms with E-state index in [-0.39, 0.29) is 18.4 Å². The highest BCUT2D eigenvalue weighted by Gasteiger charge is 2.39. The van der Waals surface area contributed by atoms with E-state index >= 15 is 0 Å². The molecule has 2 unspecified atom stereocenters. The molecule has 2 atom stereocenters. The summed E-state index contributed by atoms with van der Waals surface area (Å²) in [4.78, 5) is 23.8. The van der Waals surface area contributed by atoms with Gasteiger partial charge in [-0.15, -0.1) is 0 Å². The van der Waals surface area contributed by atoms with Crippen LogP contribution in [0.15, 0.2) is 54.6 Å². The van der Waals surface area contributed by atoms with Crippen molar-refractivity contribution in [2.45, 2.75) is 38.6 Å². The predicted octanol–water partition coefficient (Wildman–Crippen LogP) is 3.40. The molecule has 0 aliphatic heterocycles. The van der Waals surface area contributed by atoms with Crippen LogP contribution in [-0.4, -0.2) is 32.8 Å². The first-order valence-corrected chi connectivity index (χ1v) is 9.67. The number of nitrogens with one attached hydrogen (secondary N) is 1. The maximum Gasteiger partial charge on any atom is 0.307 e. The van der Waals surface area contributed by atoms with Crippen molar-refractivity contribution >= 4 is 11.9 Å². The molecule has 0 radical (unpaired) electrons. The molecule has 4 rings (SSSR count). The summed E-state index contributed by atoms with van der Waals surface area (Å²) in [7, 11) is 0. The highest BCUT2D eigenvalue weighted by molar-refractivity contribution is 5.95. The molecule has 1 aromatic heterocycles. The zero-order valence-corrected chi connectivity index (χ0v) is 16.4. The number of carboxylic acids is 1. The Balaban J connectivity index is 1.51. The van der Waals surface area contributed by atoms with Crippen molar-refractivity contribution in [1.29, 1.82) is 0 Å². The van der Waals surface area contributed by atoms with Gasteiger partial charge in [-0.25, -0.2) is 4.68 Å². The quantitative estimate of drug-likeness (QED) is 0.677. The molecule has 1 aliphatic carbocycles. The van der Waals surface area contributed by atoms with Gasteiger partial charge in [0.1, 0.15) is 0 Å². The molecule has 1 heterocycles. The summed E-state index contributed by atoms with van der Waals surface area (Å²) in [5.41, 5.74) is 4.72. The maximum absolute atomic E-state index is 12.7. The van der Waals surface area contributed by atoms with E-state index < -0.39 is 5.97 Å². The Morgan fingerprint density at radius 3 is 2.62 bits per heavy atom. The first-order chi connectivity index (χ1) is 13.9. The number of rotatable bonds is 6. The van der Waals surface area contributed by atoms with E-state index in [9.17, 15) is 9.59 Å². The molecule has 1 saturated carbocycles. The van der Waals surface area contributed by atoms with Crippen LogP contribution in [0.5, 0.6) is 0 Å². The van der Waals surface area contributed by atoms with Gasteiger partial charge >= 0.3 is 5.97 Å². The zero-order chi connectivity index (χ0) is 20.5. The van der Waals surface area contributed by atoms with Gasteiger partial charge in [-0.2, -0.15) is 5.10 Å². The number of aryl methyl sites for hydroxylation is 1. The van der Waals surface area contributed by atoms with Crippen molar-refractivity contribution in [2.75, 3.05) is 0 Å². The normalized spacial score (nSPS) is 17.7. The SMILES string of the molecule is Cc1nn(-c2cccc(C(=O)NC3CC3c3ccccc3)c2)c(C)c1CC(=O)O. The molecular weight excluding hydrogens is 366 g/mol. The van der Waals surface area contributed by atoms with Gasteiger partial charge in [0.05, 0.1) is 17.8 Å². The fourth-order valence-electron chi connectivity index (χ4n) is 3.79. The van der Waals surface area contributed by atoms with Gasteiger partial charge in [-0.1, -0.05) is 36.4 Å². The lowest BCUT2D eigenvalue weighted by molar-refractivity contribution is -0.136. The Kier molecular flexibility index (Phi) is 4.92. The molecule has 0 spiro atoms. The summed E-state index contributed by atoms with van der Waals surface area (Å²) in [6.07, 6.45) is 0.881. The molecule has 2 N–H and O–H groups in total. The third-order valence-corrected chi connectivity index (χ3v) is 5.46. The highest BCUT2D eigenvalue weighted by atomic mass is 16.4. The van der Waals surface area contributed by atoms with Crippen molar-refractivity contribution < 1.29 is 14.7 Å². The Morgan fingerprint density at radius 2 is 1.90 bits per heavy atom. The summed E-state index contributed by atoms with van der Waals surface area (Å²) in [6.45, 7) is 3.65. The zero-order valence-electron chi connectivity index (χ0n) is 16.4. The number of hydrogen-bond donors (Lipinski definition) is 2. The van der Waals surface area contributed by atoms with E-state index in [1.54, 1.807) is 23.7 Å². The van der Waals surface area contributed by atoms with Crippen LogP contribution in [0.3, 0.4) is 0 Å². The van der Waals surface area contributed by atoms with Crippen molar-refractivity contribution in [2.24, 2.45) is 0 Å². The van der Waals surface area contributed by atoms with Gasteiger partial charge < -0.3 is 10.4 Å². The van der Waals surface area contributed by atoms with Gasteiger partial charge in [0, 0.05) is 28.8 Å². The molecule has 148 valence electrons. The second kappa shape index (κ2) is 7.54. The number of amides is 1. The van der Waals surface area contributed by atoms with Crippen LogP contribution in [0.2, 0.25) is 0 Å². The number of aromatic nitrogens is 2. The van der Waals surface area contributed by atoms with Crippen molar-refractivity contribution in [3.63, 3.8) is 0 Å². The van der Waals surface area contributed by atoms with Crippen LogP contribution < -0.4 is 5.32 Å². The second-order valence-corrected chi connectivity index (χ2v) is 7.51. The number of benzene rings is 2. The first kappa shape index (κ1) is 18.9. The summed E-state index contributed by atoms with van der Waals surface area (Å²) < 4.78 is 1.70. The largest absolute Gasteiger partial charge is 0.481 e. The van der Waals surface area contributed by atoms with E-state index in [0.29, 0.717) is 22.7 Å². The standard InChI is InChI=1S/C23H23N3O3/c1-14-19(13-22(27)28)15(2)26(25-14)18-10-6-9-17(11-18)23(29)24-21-12-20(21)16-7-4-3-5-8-16/h3-11,20-21H,12-13H2,1-2H3,(H,24,29)(H,27,28). The van der Waals surface area contributed by atoms with Crippen molar-refractivity contribution in [1.82, 2.24) is 15.1 Å². The number of carbonyl (C=O) groups is 2. The fraction of sp³-hybridized carbons (Fsp3) is 0.261. The Morgan fingerprint density at radius 1 is 1.14 bits per heavy atom. The Labute approximate surface area is 169 Å². The molecule has 1 fully saturated rings. The summed E-state index contributed by atoms with van der Waals surface area (Å²) in [5, 5.41) is 16.7. The van der Waals surface area contributed by atoms with Gasteiger partial charge in [0.25, 0.3) is 5.91 Å². The average Bonchev–Trinajstić information content (AvgIpc) is 3.43. The van der Waals surface area contributed by atoms with Gasteiger partial charge in [-0.3, -0.25) is 9.59 Å². The number of carbonyl (C=O) groups excluding carboxylic acids is 1. The predicted molar refractivity (Wildman–Crippen MR) is 109 cm³/mol. The molecule has 0 saturated heterocycles. The Bertz CT molecular complexity index is 1070. The number of nitrogens with zero attached hydrogens (tertiary/aromatic N) is 2. The van der Waals surface area contributed by atoms with E-state index in [2.05, 4.69) is 22.5 Å². The smallest absolute Gasteiger partial charge is 0.307 e. The molecule has 0 bridgehead atoms. The lowest BCUT2D eigenvalue weighted by atomic mass is 10.1. The second-order valence-electron chi connectivity index (χ2n) is 7.51. The third kappa shape index (κ3) is 3.92. The number of aliphatic carboxylic acids is 1. The Hall–Kier alpha value is -3.41. The van der Waals surface area contributed by atoms with Crippen molar-refractivity contribution in [3.05, 3.63) is 82.7 Å². The van der Waals surface area contributed by atoms with Crippen LogP contribution in [-0.2, 0) is 11.2 Å². The highest BCUT2D eigenvalue weighted by Crippen LogP contribution is 2.40. The molecule has 1 aliphatic rings. The van der Waals surface area contributed by atoms with Gasteiger partial charge in [0.2, 0.25) is 0 Å².